The molecule has 2 fully saturated rings. The molecule has 0 radical (unpaired) electrons. The maximum absolute atomic E-state index is 11.8. The van der Waals surface area contributed by atoms with Gasteiger partial charge in [0.25, 0.3) is 0 Å². The maximum atomic E-state index is 11.8. The number of carbonyl (C=O) groups is 2. The minimum atomic E-state index is -0.128. The van der Waals surface area contributed by atoms with Gasteiger partial charge < -0.3 is 0 Å². The largest absolute Gasteiger partial charge is 0.279 e. The summed E-state index contributed by atoms with van der Waals surface area (Å²) in [5.74, 6) is -0.258. The van der Waals surface area contributed by atoms with Crippen LogP contribution in [-0.2, 0) is 14.4 Å². The lowest BCUT2D eigenvalue weighted by Crippen LogP contribution is -2.32. The number of imide groups is 1. The summed E-state index contributed by atoms with van der Waals surface area (Å²) in [6.45, 7) is 0.328. The van der Waals surface area contributed by atoms with Gasteiger partial charge in [-0.1, -0.05) is 0 Å². The lowest BCUT2D eigenvalue weighted by atomic mass is 9.99. The van der Waals surface area contributed by atoms with Crippen LogP contribution in [0.5, 0.6) is 0 Å². The molecule has 0 N–H and O–H groups in total. The van der Waals surface area contributed by atoms with Gasteiger partial charge in [-0.15, -0.1) is 0 Å². The Morgan fingerprint density at radius 1 is 1.47 bits per heavy atom. The highest BCUT2D eigenvalue weighted by atomic mass is 16.2. The monoisotopic (exact) mass is 208 g/mol. The molecule has 0 aromatic heterocycles. The highest BCUT2D eigenvalue weighted by Crippen LogP contribution is 2.34. The highest BCUT2D eigenvalue weighted by molar-refractivity contribution is 6.00. The fraction of sp³-hybridized carbons (Fsp3) is 0.700. The van der Waals surface area contributed by atoms with Crippen molar-refractivity contribution in [1.82, 2.24) is 4.90 Å². The first-order chi connectivity index (χ1) is 7.24. The fourth-order valence-electron chi connectivity index (χ4n) is 2.40. The topological polar surface area (TPSA) is 66.8 Å². The van der Waals surface area contributed by atoms with Gasteiger partial charge in [-0.25, -0.2) is 9.79 Å². The van der Waals surface area contributed by atoms with Crippen LogP contribution in [0.3, 0.4) is 0 Å². The molecule has 0 aromatic carbocycles. The quantitative estimate of drug-likeness (QED) is 0.379. The standard InChI is InChI=1S/C10H12N2O3/c13-6-11-4-3-7-5-8-1-2-9(14)12(8)10(7)15/h7-8H,1-5H2. The van der Waals surface area contributed by atoms with Crippen molar-refractivity contribution < 1.29 is 14.4 Å². The van der Waals surface area contributed by atoms with Crippen LogP contribution in [0.2, 0.25) is 0 Å². The molecule has 5 nitrogen and oxygen atoms in total. The Hall–Kier alpha value is -1.48. The summed E-state index contributed by atoms with van der Waals surface area (Å²) < 4.78 is 0. The molecule has 2 heterocycles. The van der Waals surface area contributed by atoms with E-state index in [1.807, 2.05) is 0 Å². The van der Waals surface area contributed by atoms with Gasteiger partial charge >= 0.3 is 0 Å². The van der Waals surface area contributed by atoms with Gasteiger partial charge in [0, 0.05) is 18.4 Å². The summed E-state index contributed by atoms with van der Waals surface area (Å²) in [6, 6.07) is 0.107. The van der Waals surface area contributed by atoms with E-state index in [1.54, 1.807) is 0 Å². The number of hydrogen-bond acceptors (Lipinski definition) is 4. The Bertz CT molecular complexity index is 347. The number of amides is 2. The number of aliphatic imine (C=N–C) groups is 1. The molecule has 80 valence electrons. The molecule has 0 aliphatic carbocycles. The fourth-order valence-corrected chi connectivity index (χ4v) is 2.40. The van der Waals surface area contributed by atoms with Crippen molar-refractivity contribution in [3.05, 3.63) is 0 Å². The third-order valence-electron chi connectivity index (χ3n) is 3.12. The SMILES string of the molecule is O=C=NCCC1CC2CCC(=O)N2C1=O. The van der Waals surface area contributed by atoms with Gasteiger partial charge in [0.2, 0.25) is 17.9 Å². The van der Waals surface area contributed by atoms with Crippen LogP contribution in [0.4, 0.5) is 0 Å². The second kappa shape index (κ2) is 3.95. The van der Waals surface area contributed by atoms with Crippen LogP contribution in [0.25, 0.3) is 0 Å². The van der Waals surface area contributed by atoms with Crippen LogP contribution in [-0.4, -0.2) is 35.4 Å². The van der Waals surface area contributed by atoms with Gasteiger partial charge in [0.15, 0.2) is 0 Å². The summed E-state index contributed by atoms with van der Waals surface area (Å²) in [6.07, 6.45) is 4.02. The van der Waals surface area contributed by atoms with Crippen molar-refractivity contribution in [2.75, 3.05) is 6.54 Å². The van der Waals surface area contributed by atoms with Gasteiger partial charge in [0.1, 0.15) is 0 Å². The number of rotatable bonds is 3. The Morgan fingerprint density at radius 2 is 2.27 bits per heavy atom. The lowest BCUT2D eigenvalue weighted by Gasteiger charge is -2.12. The van der Waals surface area contributed by atoms with Crippen molar-refractivity contribution in [3.63, 3.8) is 0 Å². The Kier molecular flexibility index (Phi) is 2.64. The molecule has 15 heavy (non-hydrogen) atoms. The van der Waals surface area contributed by atoms with Crippen molar-refractivity contribution in [3.8, 4) is 0 Å². The zero-order valence-corrected chi connectivity index (χ0v) is 8.31. The zero-order valence-electron chi connectivity index (χ0n) is 8.31. The van der Waals surface area contributed by atoms with E-state index in [4.69, 9.17) is 0 Å². The lowest BCUT2D eigenvalue weighted by molar-refractivity contribution is -0.142. The molecule has 0 aromatic rings. The van der Waals surface area contributed by atoms with Crippen LogP contribution in [0.15, 0.2) is 4.99 Å². The Labute approximate surface area is 87.2 Å². The van der Waals surface area contributed by atoms with Crippen molar-refractivity contribution in [2.45, 2.75) is 31.7 Å². The van der Waals surface area contributed by atoms with E-state index < -0.39 is 0 Å². The van der Waals surface area contributed by atoms with Crippen molar-refractivity contribution >= 4 is 17.9 Å². The minimum absolute atomic E-state index is 0.0496. The zero-order chi connectivity index (χ0) is 10.8. The normalized spacial score (nSPS) is 29.2. The van der Waals surface area contributed by atoms with Gasteiger partial charge in [0.05, 0.1) is 6.54 Å². The summed E-state index contributed by atoms with van der Waals surface area (Å²) >= 11 is 0. The van der Waals surface area contributed by atoms with Gasteiger partial charge in [-0.2, -0.15) is 0 Å². The third-order valence-corrected chi connectivity index (χ3v) is 3.12. The summed E-state index contributed by atoms with van der Waals surface area (Å²) in [5, 5.41) is 0. The van der Waals surface area contributed by atoms with E-state index in [0.717, 1.165) is 12.8 Å². The molecule has 0 saturated carbocycles. The molecule has 5 heteroatoms. The maximum Gasteiger partial charge on any atom is 0.234 e. The van der Waals surface area contributed by atoms with Crippen LogP contribution >= 0.6 is 0 Å². The average Bonchev–Trinajstić information content (AvgIpc) is 2.71. The molecular formula is C10H12N2O3. The molecule has 2 amide bonds. The molecule has 0 spiro atoms. The van der Waals surface area contributed by atoms with Gasteiger partial charge in [-0.3, -0.25) is 14.5 Å². The van der Waals surface area contributed by atoms with Crippen molar-refractivity contribution in [2.24, 2.45) is 10.9 Å². The molecular weight excluding hydrogens is 196 g/mol. The molecule has 2 rings (SSSR count). The number of carbonyl (C=O) groups excluding carboxylic acids is 3. The smallest absolute Gasteiger partial charge is 0.234 e. The molecule has 0 bridgehead atoms. The van der Waals surface area contributed by atoms with E-state index >= 15 is 0 Å². The Balaban J connectivity index is 1.98. The predicted octanol–water partition coefficient (Wildman–Crippen LogP) is 0.250. The number of hydrogen-bond donors (Lipinski definition) is 0. The van der Waals surface area contributed by atoms with E-state index in [1.165, 1.54) is 11.0 Å². The molecule has 2 saturated heterocycles. The van der Waals surface area contributed by atoms with E-state index in [9.17, 15) is 14.4 Å². The summed E-state index contributed by atoms with van der Waals surface area (Å²) in [7, 11) is 0. The van der Waals surface area contributed by atoms with Crippen LogP contribution in [0.1, 0.15) is 25.7 Å². The summed E-state index contributed by atoms with van der Waals surface area (Å²) in [4.78, 5) is 37.8. The second-order valence-corrected chi connectivity index (χ2v) is 3.99. The van der Waals surface area contributed by atoms with E-state index in [0.29, 0.717) is 19.4 Å². The van der Waals surface area contributed by atoms with E-state index in [2.05, 4.69) is 4.99 Å². The highest BCUT2D eigenvalue weighted by Gasteiger charge is 2.45. The first-order valence-corrected chi connectivity index (χ1v) is 5.13. The summed E-state index contributed by atoms with van der Waals surface area (Å²) in [5.41, 5.74) is 0. The predicted molar refractivity (Wildman–Crippen MR) is 50.6 cm³/mol. The number of nitrogens with zero attached hydrogens (tertiary/aromatic N) is 2. The molecule has 2 atom stereocenters. The van der Waals surface area contributed by atoms with Gasteiger partial charge in [-0.05, 0) is 19.3 Å². The van der Waals surface area contributed by atoms with Crippen LogP contribution < -0.4 is 0 Å². The average molecular weight is 208 g/mol. The Morgan fingerprint density at radius 3 is 2.93 bits per heavy atom. The first-order valence-electron chi connectivity index (χ1n) is 5.13. The molecule has 2 aliphatic heterocycles. The molecule has 2 unspecified atom stereocenters. The minimum Gasteiger partial charge on any atom is -0.279 e. The third kappa shape index (κ3) is 1.70. The molecule has 2 aliphatic rings. The van der Waals surface area contributed by atoms with Crippen molar-refractivity contribution in [1.29, 1.82) is 0 Å². The van der Waals surface area contributed by atoms with E-state index in [-0.39, 0.29) is 23.8 Å². The number of isocyanates is 1. The second-order valence-electron chi connectivity index (χ2n) is 3.99. The van der Waals surface area contributed by atoms with Crippen LogP contribution in [0, 0.1) is 5.92 Å². The number of fused-ring (bicyclic) bond motifs is 1. The first kappa shape index (κ1) is 10.1.